The minimum atomic E-state index is -3.02. The normalized spacial score (nSPS) is 23.5. The predicted octanol–water partition coefficient (Wildman–Crippen LogP) is 2.86. The molecule has 1 N–H and O–H groups in total. The summed E-state index contributed by atoms with van der Waals surface area (Å²) in [5.41, 5.74) is 3.49. The van der Waals surface area contributed by atoms with Gasteiger partial charge in [0.15, 0.2) is 15.6 Å². The monoisotopic (exact) mass is 443 g/mol. The van der Waals surface area contributed by atoms with Crippen molar-refractivity contribution in [1.82, 2.24) is 15.1 Å². The zero-order valence-corrected chi connectivity index (χ0v) is 19.0. The summed E-state index contributed by atoms with van der Waals surface area (Å²) in [5.74, 6) is 0.896. The molecule has 31 heavy (non-hydrogen) atoms. The molecule has 2 fully saturated rings. The van der Waals surface area contributed by atoms with Crippen molar-refractivity contribution in [3.63, 3.8) is 0 Å². The van der Waals surface area contributed by atoms with E-state index in [2.05, 4.69) is 43.4 Å². The summed E-state index contributed by atoms with van der Waals surface area (Å²) in [6.07, 6.45) is 3.02. The highest BCUT2D eigenvalue weighted by Crippen LogP contribution is 2.43. The van der Waals surface area contributed by atoms with Gasteiger partial charge in [0.1, 0.15) is 12.3 Å². The van der Waals surface area contributed by atoms with Crippen LogP contribution in [-0.4, -0.2) is 47.8 Å². The lowest BCUT2D eigenvalue weighted by atomic mass is 9.96. The van der Waals surface area contributed by atoms with Gasteiger partial charge in [-0.05, 0) is 51.2 Å². The van der Waals surface area contributed by atoms with Gasteiger partial charge in [-0.15, -0.1) is 0 Å². The summed E-state index contributed by atoms with van der Waals surface area (Å²) in [6.45, 7) is 6.19. The summed E-state index contributed by atoms with van der Waals surface area (Å²) < 4.78 is 31.2. The molecule has 3 aliphatic rings. The number of rotatable bonds is 5. The molecule has 0 unspecified atom stereocenters. The second-order valence-electron chi connectivity index (χ2n) is 9.86. The van der Waals surface area contributed by atoms with E-state index in [1.807, 2.05) is 4.68 Å². The number of sulfone groups is 1. The van der Waals surface area contributed by atoms with Gasteiger partial charge >= 0.3 is 0 Å². The molecular formula is C23H29N3O4S. The van der Waals surface area contributed by atoms with E-state index in [4.69, 9.17) is 9.84 Å². The van der Waals surface area contributed by atoms with Gasteiger partial charge in [0, 0.05) is 18.0 Å². The van der Waals surface area contributed by atoms with Crippen molar-refractivity contribution < 1.29 is 17.9 Å². The van der Waals surface area contributed by atoms with Gasteiger partial charge in [-0.2, -0.15) is 5.10 Å². The van der Waals surface area contributed by atoms with Crippen molar-refractivity contribution in [2.75, 3.05) is 18.1 Å². The summed E-state index contributed by atoms with van der Waals surface area (Å²) in [4.78, 5) is 12.9. The molecule has 2 aromatic rings. The largest absolute Gasteiger partial charge is 0.488 e. The van der Waals surface area contributed by atoms with Gasteiger partial charge in [0.25, 0.3) is 0 Å². The molecule has 1 aliphatic carbocycles. The van der Waals surface area contributed by atoms with Gasteiger partial charge < -0.3 is 10.1 Å². The van der Waals surface area contributed by atoms with Crippen LogP contribution < -0.4 is 10.1 Å². The molecule has 1 aromatic carbocycles. The lowest BCUT2D eigenvalue weighted by Crippen LogP contribution is -2.64. The van der Waals surface area contributed by atoms with E-state index in [0.29, 0.717) is 12.3 Å². The maximum Gasteiger partial charge on any atom is 0.227 e. The topological polar surface area (TPSA) is 90.3 Å². The molecule has 2 aliphatic heterocycles. The number of aromatic nitrogens is 2. The Kier molecular flexibility index (Phi) is 4.70. The van der Waals surface area contributed by atoms with Crippen LogP contribution in [0.5, 0.6) is 5.75 Å². The van der Waals surface area contributed by atoms with E-state index in [1.165, 1.54) is 18.4 Å². The van der Waals surface area contributed by atoms with Gasteiger partial charge in [-0.1, -0.05) is 18.2 Å². The highest BCUT2D eigenvalue weighted by atomic mass is 32.2. The third kappa shape index (κ3) is 3.86. The number of nitrogens with zero attached hydrogens (tertiary/aromatic N) is 2. The number of fused-ring (bicyclic) bond motifs is 1. The summed E-state index contributed by atoms with van der Waals surface area (Å²) in [7, 11) is -3.02. The fourth-order valence-corrected chi connectivity index (χ4v) is 6.81. The smallest absolute Gasteiger partial charge is 0.227 e. The Balaban J connectivity index is 1.41. The van der Waals surface area contributed by atoms with Crippen LogP contribution in [0.1, 0.15) is 56.8 Å². The highest BCUT2D eigenvalue weighted by Gasteiger charge is 2.47. The van der Waals surface area contributed by atoms with Crippen molar-refractivity contribution in [1.29, 1.82) is 0 Å². The average Bonchev–Trinajstić information content (AvgIpc) is 3.46. The van der Waals surface area contributed by atoms with Crippen LogP contribution in [0.25, 0.3) is 11.3 Å². The fourth-order valence-electron chi connectivity index (χ4n) is 4.81. The summed E-state index contributed by atoms with van der Waals surface area (Å²) in [5, 5.41) is 7.81. The molecule has 0 bridgehead atoms. The first kappa shape index (κ1) is 20.5. The molecule has 1 saturated heterocycles. The summed E-state index contributed by atoms with van der Waals surface area (Å²) in [6, 6.07) is 8.67. The van der Waals surface area contributed by atoms with E-state index in [0.717, 1.165) is 22.7 Å². The van der Waals surface area contributed by atoms with Gasteiger partial charge in [-0.3, -0.25) is 9.48 Å². The minimum absolute atomic E-state index is 0.00399. The van der Waals surface area contributed by atoms with Gasteiger partial charge in [0.05, 0.1) is 28.7 Å². The number of carbonyl (C=O) groups is 1. The number of carbonyl (C=O) groups excluding carboxylic acids is 1. The van der Waals surface area contributed by atoms with Crippen molar-refractivity contribution in [3.8, 4) is 17.0 Å². The molecule has 3 heterocycles. The Bertz CT molecular complexity index is 1140. The third-order valence-corrected chi connectivity index (χ3v) is 8.55. The Labute approximate surface area is 183 Å². The van der Waals surface area contributed by atoms with Gasteiger partial charge in [-0.25, -0.2) is 8.42 Å². The molecule has 8 heteroatoms. The van der Waals surface area contributed by atoms with Gasteiger partial charge in [0.2, 0.25) is 5.91 Å². The van der Waals surface area contributed by atoms with E-state index < -0.39 is 15.4 Å². The molecule has 0 spiro atoms. The molecule has 7 nitrogen and oxygen atoms in total. The molecule has 5 rings (SSSR count). The number of benzene rings is 1. The number of hydrogen-bond donors (Lipinski definition) is 1. The Hall–Kier alpha value is -2.35. The molecular weight excluding hydrogens is 414 g/mol. The van der Waals surface area contributed by atoms with E-state index >= 15 is 0 Å². The van der Waals surface area contributed by atoms with Crippen molar-refractivity contribution in [3.05, 3.63) is 35.5 Å². The minimum Gasteiger partial charge on any atom is -0.488 e. The number of nitrogens with one attached hydrogen (secondary N) is 1. The first-order chi connectivity index (χ1) is 14.6. The Morgan fingerprint density at radius 2 is 2.03 bits per heavy atom. The molecule has 1 atom stereocenters. The lowest BCUT2D eigenvalue weighted by Gasteiger charge is -2.39. The second kappa shape index (κ2) is 7.08. The molecule has 1 aromatic heterocycles. The molecule has 166 valence electrons. The van der Waals surface area contributed by atoms with Crippen LogP contribution in [0.15, 0.2) is 24.3 Å². The first-order valence-corrected chi connectivity index (χ1v) is 12.8. The van der Waals surface area contributed by atoms with Crippen molar-refractivity contribution in [2.45, 2.75) is 57.5 Å². The number of hydrogen-bond acceptors (Lipinski definition) is 5. The van der Waals surface area contributed by atoms with E-state index in [-0.39, 0.29) is 36.0 Å². The van der Waals surface area contributed by atoms with Crippen molar-refractivity contribution in [2.24, 2.45) is 5.92 Å². The van der Waals surface area contributed by atoms with Crippen LogP contribution >= 0.6 is 0 Å². The van der Waals surface area contributed by atoms with Crippen LogP contribution in [0.4, 0.5) is 0 Å². The number of ether oxygens (including phenoxy) is 1. The fraction of sp³-hybridized carbons (Fsp3) is 0.565. The third-order valence-electron chi connectivity index (χ3n) is 6.40. The first-order valence-electron chi connectivity index (χ1n) is 11.0. The zero-order chi connectivity index (χ0) is 22.0. The molecule has 1 amide bonds. The highest BCUT2D eigenvalue weighted by molar-refractivity contribution is 7.93. The Morgan fingerprint density at radius 3 is 2.68 bits per heavy atom. The lowest BCUT2D eigenvalue weighted by molar-refractivity contribution is -0.127. The van der Waals surface area contributed by atoms with E-state index in [1.54, 1.807) is 6.92 Å². The average molecular weight is 444 g/mol. The van der Waals surface area contributed by atoms with E-state index in [9.17, 15) is 13.2 Å². The molecule has 0 radical (unpaired) electrons. The van der Waals surface area contributed by atoms with Crippen LogP contribution in [0.3, 0.4) is 0 Å². The predicted molar refractivity (Wildman–Crippen MR) is 118 cm³/mol. The zero-order valence-electron chi connectivity index (χ0n) is 18.2. The number of amides is 1. The van der Waals surface area contributed by atoms with Crippen LogP contribution in [0.2, 0.25) is 0 Å². The van der Waals surface area contributed by atoms with Crippen LogP contribution in [0, 0.1) is 5.92 Å². The van der Waals surface area contributed by atoms with Crippen molar-refractivity contribution >= 4 is 15.7 Å². The Morgan fingerprint density at radius 1 is 1.29 bits per heavy atom. The maximum atomic E-state index is 12.9. The SMILES string of the molecule is CC(C)n1nc(-c2cccc(C3CC3)c2)c2c1C[C@H](C(=O)NC1(C)CS(=O)(=O)C1)CO2. The van der Waals surface area contributed by atoms with Crippen LogP contribution in [-0.2, 0) is 21.1 Å². The molecule has 1 saturated carbocycles. The quantitative estimate of drug-likeness (QED) is 0.767. The second-order valence-corrected chi connectivity index (χ2v) is 11.9. The standard InChI is InChI=1S/C23H29N3O4S/c1-14(2)26-19-10-18(22(27)24-23(3)12-31(28,29)13-23)11-30-21(19)20(25-26)17-6-4-5-16(9-17)15-7-8-15/h4-6,9,14-15,18H,7-8,10-13H2,1-3H3,(H,24,27)/t18-/m0/s1. The summed E-state index contributed by atoms with van der Waals surface area (Å²) >= 11 is 0. The maximum absolute atomic E-state index is 12.9.